The van der Waals surface area contributed by atoms with E-state index >= 15 is 0 Å². The summed E-state index contributed by atoms with van der Waals surface area (Å²) in [6.45, 7) is 0. The van der Waals surface area contributed by atoms with Gasteiger partial charge in [0.2, 0.25) is 0 Å². The second-order valence-electron chi connectivity index (χ2n) is 7.23. The SMILES string of the molecule is COc1ccc(-c2cc(-c3cccs3)nc(SC(c3ccccc3)c3nn[nH]n3)c2C#N)cc1. The monoisotopic (exact) mass is 482 g/mol. The Morgan fingerprint density at radius 3 is 2.53 bits per heavy atom. The van der Waals surface area contributed by atoms with E-state index in [2.05, 4.69) is 26.7 Å². The second-order valence-corrected chi connectivity index (χ2v) is 9.27. The number of benzene rings is 2. The molecule has 3 aromatic heterocycles. The van der Waals surface area contributed by atoms with Gasteiger partial charge in [0.05, 0.1) is 28.5 Å². The van der Waals surface area contributed by atoms with Crippen molar-refractivity contribution < 1.29 is 4.74 Å². The third-order valence-electron chi connectivity index (χ3n) is 5.20. The van der Waals surface area contributed by atoms with Gasteiger partial charge < -0.3 is 4.74 Å². The van der Waals surface area contributed by atoms with Crippen LogP contribution in [0.25, 0.3) is 21.7 Å². The van der Waals surface area contributed by atoms with Crippen LogP contribution in [0.4, 0.5) is 0 Å². The molecule has 0 spiro atoms. The van der Waals surface area contributed by atoms with Crippen molar-refractivity contribution in [2.45, 2.75) is 10.3 Å². The van der Waals surface area contributed by atoms with E-state index < -0.39 is 0 Å². The molecule has 5 aromatic rings. The zero-order valence-electron chi connectivity index (χ0n) is 18.0. The number of hydrogen-bond donors (Lipinski definition) is 1. The van der Waals surface area contributed by atoms with Crippen LogP contribution in [0.2, 0.25) is 0 Å². The van der Waals surface area contributed by atoms with Gasteiger partial charge in [-0.05, 0) is 40.8 Å². The predicted octanol–water partition coefficient (Wildman–Crippen LogP) is 5.75. The number of nitrogens with one attached hydrogen (secondary N) is 1. The van der Waals surface area contributed by atoms with E-state index in [9.17, 15) is 5.26 Å². The smallest absolute Gasteiger partial charge is 0.192 e. The van der Waals surface area contributed by atoms with Gasteiger partial charge in [-0.3, -0.25) is 0 Å². The first-order chi connectivity index (χ1) is 16.8. The van der Waals surface area contributed by atoms with Crippen molar-refractivity contribution in [3.05, 3.63) is 95.1 Å². The zero-order valence-corrected chi connectivity index (χ0v) is 19.7. The molecule has 166 valence electrons. The number of ether oxygens (including phenoxy) is 1. The number of thioether (sulfide) groups is 1. The standard InChI is InChI=1S/C25H18N6OS2/c1-32-18-11-9-16(10-12-18)19-14-21(22-8-5-13-33-22)27-25(20(19)15-26)34-23(24-28-30-31-29-24)17-6-3-2-4-7-17/h2-14,23H,1H3,(H,28,29,30,31). The molecule has 0 saturated carbocycles. The van der Waals surface area contributed by atoms with Crippen LogP contribution >= 0.6 is 23.1 Å². The summed E-state index contributed by atoms with van der Waals surface area (Å²) in [7, 11) is 1.63. The molecule has 3 heterocycles. The number of aromatic nitrogens is 5. The van der Waals surface area contributed by atoms with Crippen molar-refractivity contribution in [3.8, 4) is 33.5 Å². The Bertz CT molecular complexity index is 1410. The van der Waals surface area contributed by atoms with E-state index in [-0.39, 0.29) is 5.25 Å². The first-order valence-corrected chi connectivity index (χ1v) is 12.1. The highest BCUT2D eigenvalue weighted by atomic mass is 32.2. The Kier molecular flexibility index (Phi) is 6.33. The van der Waals surface area contributed by atoms with Gasteiger partial charge in [-0.2, -0.15) is 10.5 Å². The quantitative estimate of drug-likeness (QED) is 0.295. The van der Waals surface area contributed by atoms with E-state index in [1.165, 1.54) is 11.8 Å². The summed E-state index contributed by atoms with van der Waals surface area (Å²) in [6.07, 6.45) is 0. The molecule has 1 unspecified atom stereocenters. The third kappa shape index (κ3) is 4.41. The fourth-order valence-electron chi connectivity index (χ4n) is 3.55. The van der Waals surface area contributed by atoms with Gasteiger partial charge >= 0.3 is 0 Å². The molecule has 5 rings (SSSR count). The Labute approximate surface area is 204 Å². The number of methoxy groups -OCH3 is 1. The third-order valence-corrected chi connectivity index (χ3v) is 7.33. The number of aromatic amines is 1. The van der Waals surface area contributed by atoms with E-state index in [1.807, 2.05) is 78.2 Å². The number of hydrogen-bond acceptors (Lipinski definition) is 8. The van der Waals surface area contributed by atoms with Gasteiger partial charge in [0.25, 0.3) is 0 Å². The Hall–Kier alpha value is -4.00. The van der Waals surface area contributed by atoms with Crippen LogP contribution in [-0.4, -0.2) is 32.7 Å². The van der Waals surface area contributed by atoms with Gasteiger partial charge in [-0.25, -0.2) is 4.98 Å². The molecule has 7 nitrogen and oxygen atoms in total. The second kappa shape index (κ2) is 9.87. The van der Waals surface area contributed by atoms with Crippen molar-refractivity contribution >= 4 is 23.1 Å². The topological polar surface area (TPSA) is 100 Å². The molecule has 2 aromatic carbocycles. The average molecular weight is 483 g/mol. The number of rotatable bonds is 7. The minimum Gasteiger partial charge on any atom is -0.497 e. The van der Waals surface area contributed by atoms with Gasteiger partial charge in [0.1, 0.15) is 16.8 Å². The van der Waals surface area contributed by atoms with Crippen molar-refractivity contribution in [3.63, 3.8) is 0 Å². The lowest BCUT2D eigenvalue weighted by Crippen LogP contribution is -2.03. The van der Waals surface area contributed by atoms with Gasteiger partial charge in [0.15, 0.2) is 5.82 Å². The maximum atomic E-state index is 10.2. The molecule has 0 bridgehead atoms. The number of tetrazole rings is 1. The summed E-state index contributed by atoms with van der Waals surface area (Å²) in [5.41, 5.74) is 4.02. The summed E-state index contributed by atoms with van der Waals surface area (Å²) >= 11 is 3.05. The van der Waals surface area contributed by atoms with Gasteiger partial charge in [-0.15, -0.1) is 21.5 Å². The van der Waals surface area contributed by atoms with Crippen LogP contribution in [0.1, 0.15) is 22.2 Å². The fourth-order valence-corrected chi connectivity index (χ4v) is 5.39. The van der Waals surface area contributed by atoms with Crippen molar-refractivity contribution in [1.29, 1.82) is 5.26 Å². The molecule has 0 aliphatic rings. The number of pyridine rings is 1. The van der Waals surface area contributed by atoms with Crippen molar-refractivity contribution in [1.82, 2.24) is 25.6 Å². The molecule has 0 saturated heterocycles. The molecule has 9 heteroatoms. The zero-order chi connectivity index (χ0) is 23.3. The van der Waals surface area contributed by atoms with Crippen LogP contribution in [0, 0.1) is 11.3 Å². The highest BCUT2D eigenvalue weighted by Gasteiger charge is 2.25. The normalized spacial score (nSPS) is 11.6. The summed E-state index contributed by atoms with van der Waals surface area (Å²) < 4.78 is 5.31. The molecule has 0 radical (unpaired) electrons. The van der Waals surface area contributed by atoms with E-state index in [0.29, 0.717) is 16.4 Å². The van der Waals surface area contributed by atoms with Gasteiger partial charge in [-0.1, -0.05) is 65.5 Å². The molecule has 1 N–H and O–H groups in total. The number of nitrogens with zero attached hydrogens (tertiary/aromatic N) is 5. The molecule has 1 atom stereocenters. The highest BCUT2D eigenvalue weighted by molar-refractivity contribution is 7.99. The maximum Gasteiger partial charge on any atom is 0.192 e. The Morgan fingerprint density at radius 1 is 1.06 bits per heavy atom. The summed E-state index contributed by atoms with van der Waals surface area (Å²) in [6, 6.07) is 26.0. The minimum atomic E-state index is -0.290. The van der Waals surface area contributed by atoms with Crippen molar-refractivity contribution in [2.24, 2.45) is 0 Å². The summed E-state index contributed by atoms with van der Waals surface area (Å²) in [5.74, 6) is 1.28. The van der Waals surface area contributed by atoms with Crippen LogP contribution in [0.3, 0.4) is 0 Å². The largest absolute Gasteiger partial charge is 0.497 e. The molecule has 34 heavy (non-hydrogen) atoms. The molecular weight excluding hydrogens is 464 g/mol. The van der Waals surface area contributed by atoms with Crippen LogP contribution in [-0.2, 0) is 0 Å². The Balaban J connectivity index is 1.67. The Morgan fingerprint density at radius 2 is 1.88 bits per heavy atom. The first kappa shape index (κ1) is 21.8. The molecule has 0 aliphatic heterocycles. The number of thiophene rings is 1. The minimum absolute atomic E-state index is 0.290. The summed E-state index contributed by atoms with van der Waals surface area (Å²) in [4.78, 5) is 5.95. The highest BCUT2D eigenvalue weighted by Crippen LogP contribution is 2.43. The number of nitriles is 1. The lowest BCUT2D eigenvalue weighted by molar-refractivity contribution is 0.415. The van der Waals surface area contributed by atoms with E-state index in [4.69, 9.17) is 9.72 Å². The number of H-pyrrole nitrogens is 1. The van der Waals surface area contributed by atoms with E-state index in [1.54, 1.807) is 18.4 Å². The fraction of sp³-hybridized carbons (Fsp3) is 0.0800. The lowest BCUT2D eigenvalue weighted by atomic mass is 10.0. The maximum absolute atomic E-state index is 10.2. The van der Waals surface area contributed by atoms with Crippen LogP contribution in [0.5, 0.6) is 5.75 Å². The summed E-state index contributed by atoms with van der Waals surface area (Å²) in [5, 5.41) is 27.3. The lowest BCUT2D eigenvalue weighted by Gasteiger charge is -2.16. The molecule has 0 aliphatic carbocycles. The predicted molar refractivity (Wildman–Crippen MR) is 133 cm³/mol. The van der Waals surface area contributed by atoms with Gasteiger partial charge in [0, 0.05) is 5.56 Å². The molecule has 0 fully saturated rings. The van der Waals surface area contributed by atoms with Crippen LogP contribution in [0.15, 0.2) is 83.2 Å². The van der Waals surface area contributed by atoms with Crippen molar-refractivity contribution in [2.75, 3.05) is 7.11 Å². The molecule has 0 amide bonds. The van der Waals surface area contributed by atoms with Crippen LogP contribution < -0.4 is 4.74 Å². The first-order valence-electron chi connectivity index (χ1n) is 10.3. The average Bonchev–Trinajstić information content (AvgIpc) is 3.62. The molecular formula is C25H18N6OS2. The van der Waals surface area contributed by atoms with E-state index in [0.717, 1.165) is 33.0 Å².